The van der Waals surface area contributed by atoms with Crippen molar-refractivity contribution < 1.29 is 0 Å². The van der Waals surface area contributed by atoms with Crippen LogP contribution in [0.25, 0.3) is 10.9 Å². The van der Waals surface area contributed by atoms with Gasteiger partial charge in [-0.15, -0.1) is 0 Å². The fourth-order valence-corrected chi connectivity index (χ4v) is 2.60. The zero-order valence-corrected chi connectivity index (χ0v) is 11.3. The van der Waals surface area contributed by atoms with Gasteiger partial charge in [0.05, 0.1) is 0 Å². The van der Waals surface area contributed by atoms with Gasteiger partial charge in [0.15, 0.2) is 0 Å². The molecule has 0 aliphatic heterocycles. The molecule has 0 bridgehead atoms. The van der Waals surface area contributed by atoms with E-state index in [1.54, 1.807) is 0 Å². The van der Waals surface area contributed by atoms with Crippen molar-refractivity contribution in [2.75, 3.05) is 13.6 Å². The van der Waals surface area contributed by atoms with Gasteiger partial charge in [-0.25, -0.2) is 0 Å². The number of benzene rings is 1. The van der Waals surface area contributed by atoms with Gasteiger partial charge in [0, 0.05) is 16.6 Å². The van der Waals surface area contributed by atoms with E-state index in [9.17, 15) is 0 Å². The third-order valence-electron chi connectivity index (χ3n) is 3.42. The first-order chi connectivity index (χ1) is 8.13. The van der Waals surface area contributed by atoms with Gasteiger partial charge in [0.1, 0.15) is 0 Å². The average molecular weight is 230 g/mol. The third-order valence-corrected chi connectivity index (χ3v) is 3.42. The normalized spacial score (nSPS) is 11.3. The molecular formula is C15H22N2. The summed E-state index contributed by atoms with van der Waals surface area (Å²) in [6.45, 7) is 7.62. The molecule has 2 N–H and O–H groups in total. The Morgan fingerprint density at radius 2 is 1.94 bits per heavy atom. The van der Waals surface area contributed by atoms with Crippen LogP contribution in [0.1, 0.15) is 28.8 Å². The second kappa shape index (κ2) is 4.92. The molecular weight excluding hydrogens is 208 g/mol. The van der Waals surface area contributed by atoms with Crippen LogP contribution in [0, 0.1) is 20.8 Å². The van der Waals surface area contributed by atoms with Crippen LogP contribution in [0.3, 0.4) is 0 Å². The lowest BCUT2D eigenvalue weighted by atomic mass is 10.0. The number of hydrogen-bond donors (Lipinski definition) is 2. The summed E-state index contributed by atoms with van der Waals surface area (Å²) in [5.41, 5.74) is 6.83. The molecule has 0 saturated heterocycles. The van der Waals surface area contributed by atoms with Crippen LogP contribution in [0.15, 0.2) is 12.1 Å². The van der Waals surface area contributed by atoms with Crippen molar-refractivity contribution >= 4 is 10.9 Å². The predicted octanol–water partition coefficient (Wildman–Crippen LogP) is 3.25. The van der Waals surface area contributed by atoms with Crippen molar-refractivity contribution in [2.45, 2.75) is 33.6 Å². The molecule has 2 nitrogen and oxygen atoms in total. The zero-order chi connectivity index (χ0) is 12.4. The van der Waals surface area contributed by atoms with Crippen molar-refractivity contribution in [3.63, 3.8) is 0 Å². The molecule has 0 atom stereocenters. The number of aromatic amines is 1. The number of hydrogen-bond acceptors (Lipinski definition) is 1. The van der Waals surface area contributed by atoms with Crippen LogP contribution in [-0.4, -0.2) is 18.6 Å². The minimum absolute atomic E-state index is 1.08. The van der Waals surface area contributed by atoms with E-state index in [4.69, 9.17) is 0 Å². The molecule has 0 aliphatic carbocycles. The second-order valence-electron chi connectivity index (χ2n) is 4.94. The molecule has 2 rings (SSSR count). The van der Waals surface area contributed by atoms with Gasteiger partial charge in [-0.05, 0) is 64.4 Å². The maximum atomic E-state index is 3.53. The summed E-state index contributed by atoms with van der Waals surface area (Å²) in [4.78, 5) is 3.53. The highest BCUT2D eigenvalue weighted by Gasteiger charge is 2.10. The standard InChI is InChI=1S/C15H22N2/c1-10-8-11(2)15-14(9-10)13(12(3)17-15)6-5-7-16-4/h8-9,16-17H,5-7H2,1-4H3. The number of rotatable bonds is 4. The summed E-state index contributed by atoms with van der Waals surface area (Å²) >= 11 is 0. The largest absolute Gasteiger partial charge is 0.358 e. The van der Waals surface area contributed by atoms with Crippen molar-refractivity contribution in [1.29, 1.82) is 0 Å². The average Bonchev–Trinajstić information content (AvgIpc) is 2.57. The number of H-pyrrole nitrogens is 1. The minimum atomic E-state index is 1.08. The summed E-state index contributed by atoms with van der Waals surface area (Å²) in [5, 5.41) is 4.62. The summed E-state index contributed by atoms with van der Waals surface area (Å²) in [6.07, 6.45) is 2.34. The fourth-order valence-electron chi connectivity index (χ4n) is 2.60. The quantitative estimate of drug-likeness (QED) is 0.775. The van der Waals surface area contributed by atoms with E-state index in [-0.39, 0.29) is 0 Å². The first kappa shape index (κ1) is 12.2. The first-order valence-corrected chi connectivity index (χ1v) is 6.36. The molecule has 0 amide bonds. The molecule has 1 aromatic carbocycles. The van der Waals surface area contributed by atoms with Crippen LogP contribution in [0.2, 0.25) is 0 Å². The SMILES string of the molecule is CNCCCc1c(C)[nH]c2c(C)cc(C)cc12. The van der Waals surface area contributed by atoms with Crippen molar-refractivity contribution in [1.82, 2.24) is 10.3 Å². The second-order valence-corrected chi connectivity index (χ2v) is 4.94. The Hall–Kier alpha value is -1.28. The van der Waals surface area contributed by atoms with Crippen LogP contribution >= 0.6 is 0 Å². The Morgan fingerprint density at radius 3 is 2.65 bits per heavy atom. The lowest BCUT2D eigenvalue weighted by Gasteiger charge is -2.03. The predicted molar refractivity (Wildman–Crippen MR) is 74.8 cm³/mol. The van der Waals surface area contributed by atoms with Crippen LogP contribution in [0.5, 0.6) is 0 Å². The van der Waals surface area contributed by atoms with Crippen LogP contribution in [-0.2, 0) is 6.42 Å². The van der Waals surface area contributed by atoms with E-state index in [1.165, 1.54) is 39.7 Å². The van der Waals surface area contributed by atoms with E-state index < -0.39 is 0 Å². The highest BCUT2D eigenvalue weighted by molar-refractivity contribution is 5.87. The molecule has 92 valence electrons. The summed E-state index contributed by atoms with van der Waals surface area (Å²) < 4.78 is 0. The molecule has 0 fully saturated rings. The highest BCUT2D eigenvalue weighted by atomic mass is 14.8. The molecule has 17 heavy (non-hydrogen) atoms. The molecule has 0 unspecified atom stereocenters. The lowest BCUT2D eigenvalue weighted by Crippen LogP contribution is -2.08. The summed E-state index contributed by atoms with van der Waals surface area (Å²) in [6, 6.07) is 4.55. The monoisotopic (exact) mass is 230 g/mol. The Kier molecular flexibility index (Phi) is 3.53. The van der Waals surface area contributed by atoms with Gasteiger partial charge in [-0.3, -0.25) is 0 Å². The number of nitrogens with one attached hydrogen (secondary N) is 2. The van der Waals surface area contributed by atoms with Gasteiger partial charge in [0.25, 0.3) is 0 Å². The topological polar surface area (TPSA) is 27.8 Å². The van der Waals surface area contributed by atoms with Crippen molar-refractivity contribution in [3.8, 4) is 0 Å². The maximum absolute atomic E-state index is 3.53. The van der Waals surface area contributed by atoms with Gasteiger partial charge < -0.3 is 10.3 Å². The van der Waals surface area contributed by atoms with Crippen LogP contribution < -0.4 is 5.32 Å². The number of aryl methyl sites for hydroxylation is 4. The van der Waals surface area contributed by atoms with E-state index >= 15 is 0 Å². The molecule has 0 radical (unpaired) electrons. The highest BCUT2D eigenvalue weighted by Crippen LogP contribution is 2.27. The first-order valence-electron chi connectivity index (χ1n) is 6.36. The fraction of sp³-hybridized carbons (Fsp3) is 0.467. The molecule has 1 aromatic heterocycles. The van der Waals surface area contributed by atoms with E-state index in [1.807, 2.05) is 7.05 Å². The number of fused-ring (bicyclic) bond motifs is 1. The molecule has 0 aliphatic rings. The Balaban J connectivity index is 2.43. The van der Waals surface area contributed by atoms with E-state index in [0.717, 1.165) is 13.0 Å². The molecule has 0 saturated carbocycles. The molecule has 2 aromatic rings. The summed E-state index contributed by atoms with van der Waals surface area (Å²) in [7, 11) is 2.01. The molecule has 2 heteroatoms. The van der Waals surface area contributed by atoms with Crippen molar-refractivity contribution in [2.24, 2.45) is 0 Å². The number of aromatic nitrogens is 1. The zero-order valence-electron chi connectivity index (χ0n) is 11.3. The molecule has 0 spiro atoms. The van der Waals surface area contributed by atoms with Gasteiger partial charge in [-0.2, -0.15) is 0 Å². The van der Waals surface area contributed by atoms with Crippen molar-refractivity contribution in [3.05, 3.63) is 34.5 Å². The van der Waals surface area contributed by atoms with Gasteiger partial charge in [0.2, 0.25) is 0 Å². The van der Waals surface area contributed by atoms with Gasteiger partial charge in [-0.1, -0.05) is 11.6 Å². The van der Waals surface area contributed by atoms with E-state index in [0.29, 0.717) is 0 Å². The lowest BCUT2D eigenvalue weighted by molar-refractivity contribution is 0.725. The Labute approximate surface area is 103 Å². The summed E-state index contributed by atoms with van der Waals surface area (Å²) in [5.74, 6) is 0. The minimum Gasteiger partial charge on any atom is -0.358 e. The maximum Gasteiger partial charge on any atom is 0.0488 e. The van der Waals surface area contributed by atoms with E-state index in [2.05, 4.69) is 43.2 Å². The Morgan fingerprint density at radius 1 is 1.18 bits per heavy atom. The van der Waals surface area contributed by atoms with Crippen LogP contribution in [0.4, 0.5) is 0 Å². The van der Waals surface area contributed by atoms with Gasteiger partial charge >= 0.3 is 0 Å². The third kappa shape index (κ3) is 2.37. The molecule has 1 heterocycles. The Bertz CT molecular complexity index is 523. The smallest absolute Gasteiger partial charge is 0.0488 e.